The maximum absolute atomic E-state index is 11.1. The second kappa shape index (κ2) is 17.1. The van der Waals surface area contributed by atoms with E-state index in [1.54, 1.807) is 0 Å². The Hall–Kier alpha value is -1.85. The predicted molar refractivity (Wildman–Crippen MR) is 159 cm³/mol. The lowest BCUT2D eigenvalue weighted by Crippen LogP contribution is -2.65. The third kappa shape index (κ3) is 9.73. The van der Waals surface area contributed by atoms with Gasteiger partial charge in [-0.1, -0.05) is 29.1 Å². The van der Waals surface area contributed by atoms with Gasteiger partial charge < -0.3 is 79.9 Å². The Bertz CT molecular complexity index is 1330. The van der Waals surface area contributed by atoms with Crippen LogP contribution < -0.4 is 4.74 Å². The quantitative estimate of drug-likeness (QED) is 0.0409. The molecule has 0 unspecified atom stereocenters. The molecule has 0 amide bonds. The van der Waals surface area contributed by atoms with Gasteiger partial charge in [-0.15, -0.1) is 0 Å². The highest BCUT2D eigenvalue weighted by Gasteiger charge is 2.51. The van der Waals surface area contributed by atoms with E-state index in [4.69, 9.17) is 28.2 Å². The molecule has 0 saturated carbocycles. The molecule has 0 bridgehead atoms. The Kier molecular flexibility index (Phi) is 13.9. The van der Waals surface area contributed by atoms with Gasteiger partial charge in [0.25, 0.3) is 0 Å². The average Bonchev–Trinajstić information content (AvgIpc) is 3.07. The Balaban J connectivity index is 1.42. The lowest BCUT2D eigenvalue weighted by Gasteiger charge is -2.45. The van der Waals surface area contributed by atoms with Crippen LogP contribution in [0.3, 0.4) is 0 Å². The Morgan fingerprint density at radius 2 is 1.22 bits per heavy atom. The van der Waals surface area contributed by atoms with Crippen LogP contribution in [0.5, 0.6) is 5.75 Å². The summed E-state index contributed by atoms with van der Waals surface area (Å²) in [4.78, 5) is 0. The number of hydrogen-bond donors (Lipinski definition) is 12. The minimum Gasteiger partial charge on any atom is -0.462 e. The van der Waals surface area contributed by atoms with E-state index in [0.29, 0.717) is 17.3 Å². The highest BCUT2D eigenvalue weighted by atomic mass is 32.3. The van der Waals surface area contributed by atoms with Crippen LogP contribution in [0.15, 0.2) is 29.4 Å². The van der Waals surface area contributed by atoms with Gasteiger partial charge in [0, 0.05) is 6.42 Å². The van der Waals surface area contributed by atoms with Crippen molar-refractivity contribution < 1.29 is 97.1 Å². The number of nitrogens with zero attached hydrogens (tertiary/aromatic N) is 1. The Labute approximate surface area is 282 Å². The van der Waals surface area contributed by atoms with Crippen LogP contribution in [0.25, 0.3) is 0 Å². The number of aliphatic hydroxyl groups is 11. The van der Waals surface area contributed by atoms with E-state index in [2.05, 4.69) is 9.44 Å². The van der Waals surface area contributed by atoms with E-state index in [1.165, 1.54) is 24.3 Å². The number of oxime groups is 1. The van der Waals surface area contributed by atoms with Crippen molar-refractivity contribution in [2.45, 2.75) is 97.7 Å². The van der Waals surface area contributed by atoms with Crippen molar-refractivity contribution in [3.05, 3.63) is 29.8 Å². The van der Waals surface area contributed by atoms with Crippen LogP contribution in [0, 0.1) is 0 Å². The molecular weight excluding hydrogens is 710 g/mol. The summed E-state index contributed by atoms with van der Waals surface area (Å²) in [6, 6.07) is 5.60. The third-order valence-corrected chi connectivity index (χ3v) is 9.20. The van der Waals surface area contributed by atoms with Gasteiger partial charge in [0.15, 0.2) is 6.29 Å². The first kappa shape index (κ1) is 39.9. The summed E-state index contributed by atoms with van der Waals surface area (Å²) in [6.07, 6.45) is -23.1. The smallest absolute Gasteiger partial charge is 0.462 e. The van der Waals surface area contributed by atoms with Crippen LogP contribution in [-0.2, 0) is 40.1 Å². The fourth-order valence-corrected chi connectivity index (χ4v) is 6.46. The molecule has 3 fully saturated rings. The number of rotatable bonds is 12. The van der Waals surface area contributed by atoms with Crippen LogP contribution in [0.4, 0.5) is 0 Å². The molecule has 3 aliphatic rings. The fraction of sp³-hybridized carbons (Fsp3) is 0.731. The molecular formula is C26H39NO20S2. The van der Waals surface area contributed by atoms with Crippen molar-refractivity contribution in [3.8, 4) is 5.75 Å². The Morgan fingerprint density at radius 3 is 1.80 bits per heavy atom. The summed E-state index contributed by atoms with van der Waals surface area (Å²) >= 11 is 0.568. The summed E-state index contributed by atoms with van der Waals surface area (Å²) < 4.78 is 62.8. The maximum atomic E-state index is 11.1. The van der Waals surface area contributed by atoms with Crippen LogP contribution >= 0.6 is 11.8 Å². The zero-order valence-electron chi connectivity index (χ0n) is 25.2. The van der Waals surface area contributed by atoms with Gasteiger partial charge in [-0.05, 0) is 17.7 Å². The average molecular weight is 750 g/mol. The molecule has 0 aromatic heterocycles. The van der Waals surface area contributed by atoms with Crippen LogP contribution in [0.2, 0.25) is 0 Å². The zero-order valence-corrected chi connectivity index (χ0v) is 26.8. The van der Waals surface area contributed by atoms with Gasteiger partial charge in [0.1, 0.15) is 89.5 Å². The first-order valence-electron chi connectivity index (χ1n) is 14.6. The predicted octanol–water partition coefficient (Wildman–Crippen LogP) is -6.10. The standard InChI is InChI=1S/C26H39NO20S2/c28-6-11-15(31)17(33)20(36)25(43-11)46-23-13(8-30)44-24(21(37)19(23)35)42-10-3-1-9(2-4-10)5-14(27-47-49(39,40)41)48-26-22(38)18(34)16(32)12(7-29)45-26/h1-4,11-13,15-26,28-38H,5-8H2,(H,39,40,41)/b27-14+/t11-,12-,13-,15-,16-,17+,18+,19-,20-,21-,22-,23-,24-,25+,26+/m1/s1. The highest BCUT2D eigenvalue weighted by Crippen LogP contribution is 2.32. The molecule has 0 spiro atoms. The molecule has 0 radical (unpaired) electrons. The molecule has 3 saturated heterocycles. The minimum absolute atomic E-state index is 0.0549. The van der Waals surface area contributed by atoms with Crippen molar-refractivity contribution in [2.24, 2.45) is 5.16 Å². The molecule has 1 aromatic carbocycles. The van der Waals surface area contributed by atoms with Gasteiger partial charge in [-0.3, -0.25) is 4.55 Å². The first-order valence-corrected chi connectivity index (χ1v) is 16.9. The first-order chi connectivity index (χ1) is 23.1. The van der Waals surface area contributed by atoms with Crippen molar-refractivity contribution in [1.82, 2.24) is 0 Å². The number of benzene rings is 1. The molecule has 15 atom stereocenters. The topological polar surface area (TPSA) is 345 Å². The molecule has 280 valence electrons. The SMILES string of the molecule is O=S(=O)(O)O/N=C(\Cc1ccc(O[C@@H]2O[C@H](CO)[C@@H](O[C@@H]3O[C@H](CO)[C@@H](O)[C@H](O)[C@H]3O)[C@H](O)[C@H]2O)cc1)S[C@@H]1O[C@H](CO)[C@@H](O)[C@H](O)[C@H]1O. The Morgan fingerprint density at radius 1 is 0.694 bits per heavy atom. The molecule has 21 nitrogen and oxygen atoms in total. The number of ether oxygens (including phenoxy) is 5. The summed E-state index contributed by atoms with van der Waals surface area (Å²) in [7, 11) is -5.05. The molecule has 23 heteroatoms. The number of aliphatic hydroxyl groups excluding tert-OH is 11. The minimum atomic E-state index is -5.05. The van der Waals surface area contributed by atoms with Gasteiger partial charge in [-0.25, -0.2) is 4.28 Å². The molecule has 12 N–H and O–H groups in total. The zero-order chi connectivity index (χ0) is 36.2. The van der Waals surface area contributed by atoms with E-state index >= 15 is 0 Å². The summed E-state index contributed by atoms with van der Waals surface area (Å²) in [5.74, 6) is 0.0549. The maximum Gasteiger partial charge on any atom is 0.466 e. The van der Waals surface area contributed by atoms with E-state index in [1.807, 2.05) is 0 Å². The summed E-state index contributed by atoms with van der Waals surface area (Å²) in [6.45, 7) is -2.26. The van der Waals surface area contributed by atoms with Crippen molar-refractivity contribution in [1.29, 1.82) is 0 Å². The fourth-order valence-electron chi connectivity index (χ4n) is 5.13. The van der Waals surface area contributed by atoms with Crippen molar-refractivity contribution >= 4 is 27.2 Å². The van der Waals surface area contributed by atoms with Gasteiger partial charge in [-0.2, -0.15) is 8.42 Å². The van der Waals surface area contributed by atoms with E-state index in [0.717, 1.165) is 0 Å². The second-order valence-electron chi connectivity index (χ2n) is 11.2. The second-order valence-corrected chi connectivity index (χ2v) is 13.4. The monoisotopic (exact) mass is 749 g/mol. The molecule has 3 aliphatic heterocycles. The summed E-state index contributed by atoms with van der Waals surface area (Å²) in [5.41, 5.74) is -0.972. The van der Waals surface area contributed by atoms with Gasteiger partial charge >= 0.3 is 10.4 Å². The van der Waals surface area contributed by atoms with E-state index < -0.39 is 121 Å². The van der Waals surface area contributed by atoms with E-state index in [-0.39, 0.29) is 17.2 Å². The highest BCUT2D eigenvalue weighted by molar-refractivity contribution is 8.14. The summed E-state index contributed by atoms with van der Waals surface area (Å²) in [5, 5.41) is 114. The van der Waals surface area contributed by atoms with Gasteiger partial charge in [0.05, 0.1) is 19.8 Å². The molecule has 1 aromatic rings. The van der Waals surface area contributed by atoms with Crippen LogP contribution in [-0.4, -0.2) is 185 Å². The third-order valence-electron chi connectivity index (χ3n) is 7.83. The molecule has 49 heavy (non-hydrogen) atoms. The number of thioether (sulfide) groups is 1. The molecule has 0 aliphatic carbocycles. The van der Waals surface area contributed by atoms with E-state index in [9.17, 15) is 64.6 Å². The number of hydrogen-bond acceptors (Lipinski definition) is 21. The molecule has 3 heterocycles. The largest absolute Gasteiger partial charge is 0.466 e. The van der Waals surface area contributed by atoms with Gasteiger partial charge in [0.2, 0.25) is 6.29 Å². The molecule has 4 rings (SSSR count). The van der Waals surface area contributed by atoms with Crippen molar-refractivity contribution in [3.63, 3.8) is 0 Å². The van der Waals surface area contributed by atoms with Crippen LogP contribution in [0.1, 0.15) is 5.56 Å². The lowest BCUT2D eigenvalue weighted by molar-refractivity contribution is -0.352. The lowest BCUT2D eigenvalue weighted by atomic mass is 9.97. The normalized spacial score (nSPS) is 40.6. The van der Waals surface area contributed by atoms with Crippen molar-refractivity contribution in [2.75, 3.05) is 19.8 Å².